The molecule has 9 heteroatoms. The first-order chi connectivity index (χ1) is 19.9. The normalized spacial score (nSPS) is 11.6. The van der Waals surface area contributed by atoms with E-state index in [0.29, 0.717) is 39.3 Å². The van der Waals surface area contributed by atoms with Crippen molar-refractivity contribution in [2.24, 2.45) is 5.10 Å². The van der Waals surface area contributed by atoms with E-state index in [2.05, 4.69) is 15.8 Å². The Morgan fingerprint density at radius 3 is 2.29 bits per heavy atom. The molecular formula is C32H29Cl2N3O4. The highest BCUT2D eigenvalue weighted by Gasteiger charge is 2.19. The Bertz CT molecular complexity index is 1500. The van der Waals surface area contributed by atoms with Crippen molar-refractivity contribution in [3.8, 4) is 11.5 Å². The van der Waals surface area contributed by atoms with Crippen molar-refractivity contribution < 1.29 is 19.1 Å². The summed E-state index contributed by atoms with van der Waals surface area (Å²) in [4.78, 5) is 25.6. The summed E-state index contributed by atoms with van der Waals surface area (Å²) in [5.74, 6) is 0.477. The molecule has 2 N–H and O–H groups in total. The minimum atomic E-state index is -0.532. The third-order valence-corrected chi connectivity index (χ3v) is 6.72. The molecule has 0 bridgehead atoms. The van der Waals surface area contributed by atoms with Crippen LogP contribution in [-0.2, 0) is 11.4 Å². The number of hydrogen-bond donors (Lipinski definition) is 2. The second-order valence-corrected chi connectivity index (χ2v) is 9.79. The standard InChI is InChI=1S/C32H29Cl2N3O4/c1-2-40-30-18-22(14-16-29(30)41-21-23-13-15-26(33)27(34)17-23)20-35-37-31(38)19-28(24-9-5-3-6-10-24)36-32(39)25-11-7-4-8-12-25/h3-18,20,28H,2,19,21H2,1H3,(H,36,39)(H,37,38)/b35-20-/t28-/m0/s1. The summed E-state index contributed by atoms with van der Waals surface area (Å²) in [7, 11) is 0. The summed E-state index contributed by atoms with van der Waals surface area (Å²) in [5.41, 5.74) is 5.45. The molecule has 1 atom stereocenters. The van der Waals surface area contributed by atoms with Crippen LogP contribution in [0.4, 0.5) is 0 Å². The minimum absolute atomic E-state index is 0.00557. The van der Waals surface area contributed by atoms with Gasteiger partial charge in [-0.1, -0.05) is 77.8 Å². The van der Waals surface area contributed by atoms with Gasteiger partial charge in [-0.2, -0.15) is 5.10 Å². The van der Waals surface area contributed by atoms with E-state index < -0.39 is 6.04 Å². The number of hydrogen-bond acceptors (Lipinski definition) is 5. The molecule has 0 saturated carbocycles. The number of hydrazone groups is 1. The van der Waals surface area contributed by atoms with Crippen molar-refractivity contribution >= 4 is 41.2 Å². The third-order valence-electron chi connectivity index (χ3n) is 5.98. The number of ether oxygens (including phenoxy) is 2. The zero-order valence-electron chi connectivity index (χ0n) is 22.3. The summed E-state index contributed by atoms with van der Waals surface area (Å²) in [6.07, 6.45) is 1.52. The van der Waals surface area contributed by atoms with E-state index in [0.717, 1.165) is 11.1 Å². The van der Waals surface area contributed by atoms with Gasteiger partial charge in [0, 0.05) is 5.56 Å². The highest BCUT2D eigenvalue weighted by atomic mass is 35.5. The van der Waals surface area contributed by atoms with Crippen molar-refractivity contribution in [2.75, 3.05) is 6.61 Å². The van der Waals surface area contributed by atoms with Crippen molar-refractivity contribution in [3.63, 3.8) is 0 Å². The Labute approximate surface area is 249 Å². The van der Waals surface area contributed by atoms with Gasteiger partial charge in [0.15, 0.2) is 11.5 Å². The predicted octanol–water partition coefficient (Wildman–Crippen LogP) is 6.98. The van der Waals surface area contributed by atoms with Crippen LogP contribution in [0.5, 0.6) is 11.5 Å². The molecule has 0 aliphatic carbocycles. The first kappa shape index (κ1) is 29.6. The quantitative estimate of drug-likeness (QED) is 0.138. The Balaban J connectivity index is 1.38. The van der Waals surface area contributed by atoms with Crippen molar-refractivity contribution in [2.45, 2.75) is 26.0 Å². The topological polar surface area (TPSA) is 89.0 Å². The minimum Gasteiger partial charge on any atom is -0.490 e. The summed E-state index contributed by atoms with van der Waals surface area (Å²) in [5, 5.41) is 8.00. The van der Waals surface area contributed by atoms with Crippen LogP contribution in [0.15, 0.2) is 102 Å². The Morgan fingerprint density at radius 2 is 1.59 bits per heavy atom. The second kappa shape index (κ2) is 14.9. The van der Waals surface area contributed by atoms with E-state index in [1.165, 1.54) is 6.21 Å². The Morgan fingerprint density at radius 1 is 0.854 bits per heavy atom. The number of benzene rings is 4. The smallest absolute Gasteiger partial charge is 0.251 e. The molecule has 7 nitrogen and oxygen atoms in total. The molecule has 0 fully saturated rings. The monoisotopic (exact) mass is 589 g/mol. The van der Waals surface area contributed by atoms with Crippen molar-refractivity contribution in [3.05, 3.63) is 129 Å². The fourth-order valence-corrected chi connectivity index (χ4v) is 4.28. The van der Waals surface area contributed by atoms with Crippen molar-refractivity contribution in [1.29, 1.82) is 0 Å². The molecule has 0 heterocycles. The maximum atomic E-state index is 12.8. The zero-order valence-corrected chi connectivity index (χ0v) is 23.9. The maximum Gasteiger partial charge on any atom is 0.251 e. The maximum absolute atomic E-state index is 12.8. The summed E-state index contributed by atoms with van der Waals surface area (Å²) in [6, 6.07) is 28.3. The van der Waals surface area contributed by atoms with Gasteiger partial charge in [-0.3, -0.25) is 9.59 Å². The van der Waals surface area contributed by atoms with Gasteiger partial charge in [0.05, 0.1) is 35.3 Å². The van der Waals surface area contributed by atoms with Crippen LogP contribution in [0.1, 0.15) is 46.4 Å². The summed E-state index contributed by atoms with van der Waals surface area (Å²) < 4.78 is 11.7. The number of halogens is 2. The number of carbonyl (C=O) groups is 2. The van der Waals surface area contributed by atoms with Crippen LogP contribution in [-0.4, -0.2) is 24.6 Å². The molecule has 4 aromatic rings. The molecule has 4 aromatic carbocycles. The molecule has 4 rings (SSSR count). The fraction of sp³-hybridized carbons (Fsp3) is 0.156. The van der Waals surface area contributed by atoms with E-state index in [-0.39, 0.29) is 24.8 Å². The lowest BCUT2D eigenvalue weighted by Gasteiger charge is -2.18. The summed E-state index contributed by atoms with van der Waals surface area (Å²) in [6.45, 7) is 2.60. The molecule has 0 unspecified atom stereocenters. The molecule has 41 heavy (non-hydrogen) atoms. The van der Waals surface area contributed by atoms with E-state index in [1.807, 2.05) is 49.4 Å². The van der Waals surface area contributed by atoms with Crippen LogP contribution < -0.4 is 20.2 Å². The molecule has 210 valence electrons. The molecule has 0 radical (unpaired) electrons. The first-order valence-corrected chi connectivity index (χ1v) is 13.7. The molecule has 0 aliphatic heterocycles. The third kappa shape index (κ3) is 8.83. The molecule has 0 saturated heterocycles. The van der Waals surface area contributed by atoms with Gasteiger partial charge < -0.3 is 14.8 Å². The average Bonchev–Trinajstić information content (AvgIpc) is 2.99. The largest absolute Gasteiger partial charge is 0.490 e. The predicted molar refractivity (Wildman–Crippen MR) is 162 cm³/mol. The number of nitrogens with zero attached hydrogens (tertiary/aromatic N) is 1. The SMILES string of the molecule is CCOc1cc(/C=N\NC(=O)C[C@H](NC(=O)c2ccccc2)c2ccccc2)ccc1OCc1ccc(Cl)c(Cl)c1. The first-order valence-electron chi connectivity index (χ1n) is 13.0. The molecule has 2 amide bonds. The van der Waals surface area contributed by atoms with Gasteiger partial charge in [0.1, 0.15) is 6.61 Å². The molecule has 0 aliphatic rings. The number of nitrogens with one attached hydrogen (secondary N) is 2. The van der Waals surface area contributed by atoms with Gasteiger partial charge in [-0.15, -0.1) is 0 Å². The van der Waals surface area contributed by atoms with Crippen LogP contribution in [0, 0.1) is 0 Å². The van der Waals surface area contributed by atoms with E-state index >= 15 is 0 Å². The lowest BCUT2D eigenvalue weighted by molar-refractivity contribution is -0.121. The lowest BCUT2D eigenvalue weighted by atomic mass is 10.0. The van der Waals surface area contributed by atoms with Gasteiger partial charge in [0.25, 0.3) is 5.91 Å². The van der Waals surface area contributed by atoms with E-state index in [4.69, 9.17) is 32.7 Å². The number of carbonyl (C=O) groups excluding carboxylic acids is 2. The number of amides is 2. The van der Waals surface area contributed by atoms with Gasteiger partial charge in [0.2, 0.25) is 5.91 Å². The Hall–Kier alpha value is -4.33. The number of rotatable bonds is 12. The molecule has 0 spiro atoms. The highest BCUT2D eigenvalue weighted by molar-refractivity contribution is 6.42. The fourth-order valence-electron chi connectivity index (χ4n) is 3.96. The van der Waals surface area contributed by atoms with Crippen LogP contribution in [0.3, 0.4) is 0 Å². The Kier molecular flexibility index (Phi) is 10.8. The lowest BCUT2D eigenvalue weighted by Crippen LogP contribution is -2.32. The van der Waals surface area contributed by atoms with Crippen LogP contribution >= 0.6 is 23.2 Å². The van der Waals surface area contributed by atoms with Crippen LogP contribution in [0.2, 0.25) is 10.0 Å². The van der Waals surface area contributed by atoms with Gasteiger partial charge >= 0.3 is 0 Å². The summed E-state index contributed by atoms with van der Waals surface area (Å²) >= 11 is 12.1. The zero-order chi connectivity index (χ0) is 29.0. The average molecular weight is 591 g/mol. The highest BCUT2D eigenvalue weighted by Crippen LogP contribution is 2.30. The molecule has 0 aromatic heterocycles. The van der Waals surface area contributed by atoms with Crippen molar-refractivity contribution in [1.82, 2.24) is 10.7 Å². The van der Waals surface area contributed by atoms with E-state index in [1.54, 1.807) is 54.6 Å². The van der Waals surface area contributed by atoms with E-state index in [9.17, 15) is 9.59 Å². The molecular weight excluding hydrogens is 561 g/mol. The van der Waals surface area contributed by atoms with Gasteiger partial charge in [-0.05, 0) is 66.1 Å². The van der Waals surface area contributed by atoms with Crippen LogP contribution in [0.25, 0.3) is 0 Å². The van der Waals surface area contributed by atoms with Gasteiger partial charge in [-0.25, -0.2) is 5.43 Å². The second-order valence-electron chi connectivity index (χ2n) is 8.98.